The van der Waals surface area contributed by atoms with E-state index in [1.807, 2.05) is 78.6 Å². The van der Waals surface area contributed by atoms with E-state index in [4.69, 9.17) is 28.4 Å². The Labute approximate surface area is 318 Å². The number of aliphatic hydroxyl groups excluding tert-OH is 1. The summed E-state index contributed by atoms with van der Waals surface area (Å²) in [6.07, 6.45) is 3.01. The molecule has 2 fully saturated rings. The van der Waals surface area contributed by atoms with Gasteiger partial charge in [-0.3, -0.25) is 29.1 Å². The maximum Gasteiger partial charge on any atom is 0.334 e. The van der Waals surface area contributed by atoms with Gasteiger partial charge in [0.15, 0.2) is 5.78 Å². The number of hydrogen-bond acceptors (Lipinski definition) is 14. The maximum atomic E-state index is 12.0. The number of likely N-dealkylation sites (tertiary alicyclic amines) is 2. The van der Waals surface area contributed by atoms with Crippen molar-refractivity contribution in [2.75, 3.05) is 81.9 Å². The van der Waals surface area contributed by atoms with Gasteiger partial charge in [0.05, 0.1) is 38.4 Å². The molecule has 0 amide bonds. The maximum absolute atomic E-state index is 12.0. The molecule has 6 atom stereocenters. The van der Waals surface area contributed by atoms with Gasteiger partial charge < -0.3 is 33.5 Å². The number of nitrogens with zero attached hydrogens (tertiary/aromatic N) is 3. The first kappa shape index (κ1) is 48.6. The molecule has 3 aliphatic rings. The Morgan fingerprint density at radius 2 is 1.17 bits per heavy atom. The fourth-order valence-electron chi connectivity index (χ4n) is 6.06. The monoisotopic (exact) mass is 758 g/mol. The Bertz CT molecular complexity index is 1200. The molecule has 0 aromatic heterocycles. The third kappa shape index (κ3) is 18.2. The minimum absolute atomic E-state index is 0.0703. The minimum atomic E-state index is -0.669. The van der Waals surface area contributed by atoms with Crippen LogP contribution in [-0.2, 0) is 47.6 Å². The highest BCUT2D eigenvalue weighted by atomic mass is 16.6. The number of rotatable bonds is 9. The van der Waals surface area contributed by atoms with Gasteiger partial charge in [-0.05, 0) is 103 Å². The predicted molar refractivity (Wildman–Crippen MR) is 202 cm³/mol. The largest absolute Gasteiger partial charge is 0.460 e. The molecule has 3 aliphatic heterocycles. The van der Waals surface area contributed by atoms with E-state index >= 15 is 0 Å². The Morgan fingerprint density at radius 3 is 1.66 bits per heavy atom. The number of ketones is 1. The van der Waals surface area contributed by atoms with Gasteiger partial charge in [0.1, 0.15) is 22.7 Å². The molecule has 0 saturated carbocycles. The molecule has 0 radical (unpaired) electrons. The summed E-state index contributed by atoms with van der Waals surface area (Å²) < 4.78 is 31.4. The van der Waals surface area contributed by atoms with Crippen LogP contribution < -0.4 is 0 Å². The molecule has 0 aliphatic carbocycles. The molecule has 3 rings (SSSR count). The number of carbonyl (C=O) groups is 4. The second-order valence-corrected chi connectivity index (χ2v) is 17.3. The van der Waals surface area contributed by atoms with Crippen molar-refractivity contribution in [1.82, 2.24) is 14.7 Å². The van der Waals surface area contributed by atoms with Gasteiger partial charge in [-0.2, -0.15) is 0 Å². The minimum Gasteiger partial charge on any atom is -0.460 e. The number of methoxy groups -OCH3 is 3. The topological polar surface area (TPSA) is 154 Å². The van der Waals surface area contributed by atoms with Crippen LogP contribution in [0.25, 0.3) is 0 Å². The smallest absolute Gasteiger partial charge is 0.334 e. The highest BCUT2D eigenvalue weighted by Gasteiger charge is 2.40. The van der Waals surface area contributed by atoms with E-state index in [-0.39, 0.29) is 42.4 Å². The molecule has 3 heterocycles. The van der Waals surface area contributed by atoms with Crippen LogP contribution in [0.2, 0.25) is 0 Å². The molecule has 14 nitrogen and oxygen atoms in total. The van der Waals surface area contributed by atoms with Crippen molar-refractivity contribution < 1.29 is 52.7 Å². The summed E-state index contributed by atoms with van der Waals surface area (Å²) >= 11 is 0. The molecule has 0 aromatic rings. The summed E-state index contributed by atoms with van der Waals surface area (Å²) in [5, 5.41) is 10.0. The van der Waals surface area contributed by atoms with Crippen LogP contribution >= 0.6 is 0 Å². The van der Waals surface area contributed by atoms with E-state index in [9.17, 15) is 24.3 Å². The van der Waals surface area contributed by atoms with Crippen LogP contribution in [0.5, 0.6) is 0 Å². The number of Topliss-reactive ketones (excluding diaryl/α,β-unsaturated/α-hetero) is 1. The van der Waals surface area contributed by atoms with Crippen molar-refractivity contribution >= 4 is 23.7 Å². The molecule has 2 saturated heterocycles. The second-order valence-electron chi connectivity index (χ2n) is 17.3. The van der Waals surface area contributed by atoms with Crippen LogP contribution in [-0.4, -0.2) is 166 Å². The van der Waals surface area contributed by atoms with E-state index in [1.54, 1.807) is 42.1 Å². The van der Waals surface area contributed by atoms with E-state index in [0.717, 1.165) is 12.1 Å². The Hall–Kier alpha value is -2.46. The van der Waals surface area contributed by atoms with Gasteiger partial charge >= 0.3 is 17.9 Å². The predicted octanol–water partition coefficient (Wildman–Crippen LogP) is 3.12. The number of carbonyl (C=O) groups excluding carboxylic acids is 4. The summed E-state index contributed by atoms with van der Waals surface area (Å²) in [6, 6.07) is 0.494. The first-order valence-corrected chi connectivity index (χ1v) is 18.5. The molecule has 0 spiro atoms. The van der Waals surface area contributed by atoms with Crippen molar-refractivity contribution in [3.63, 3.8) is 0 Å². The molecular weight excluding hydrogens is 686 g/mol. The number of esters is 3. The second kappa shape index (κ2) is 21.6. The molecule has 308 valence electrons. The van der Waals surface area contributed by atoms with Crippen LogP contribution in [0.4, 0.5) is 0 Å². The van der Waals surface area contributed by atoms with Gasteiger partial charge in [-0.15, -0.1) is 0 Å². The number of likely N-dealkylation sites (N-methyl/N-ethyl adjacent to an activating group) is 3. The quantitative estimate of drug-likeness (QED) is 0.208. The van der Waals surface area contributed by atoms with Crippen molar-refractivity contribution in [3.05, 3.63) is 11.6 Å². The number of hydrogen-bond donors (Lipinski definition) is 1. The summed E-state index contributed by atoms with van der Waals surface area (Å²) in [5.41, 5.74) is -0.744. The average molecular weight is 758 g/mol. The van der Waals surface area contributed by atoms with Crippen molar-refractivity contribution in [2.45, 2.75) is 123 Å². The number of piperidine rings is 2. The lowest BCUT2D eigenvalue weighted by atomic mass is 9.89. The number of β-amino-alcohol motifs (C(OH)–C–C–N with tert-alkyl or cyclic N) is 1. The zero-order valence-electron chi connectivity index (χ0n) is 35.3. The number of ether oxygens (including phenoxy) is 6. The SMILES string of the molecule is COC[C@@H]1CC(C(=O)OC(C)(C)C)=CCN1C.COC[C@@H]1CC(C(=O)OC(C)(C)C)C(=O)CN1C.COC[C@@H]1CC(C(=O)OC(C)(C)C)C(O)CN1C. The van der Waals surface area contributed by atoms with Gasteiger partial charge in [0, 0.05) is 58.1 Å². The Kier molecular flexibility index (Phi) is 19.8. The molecule has 0 aromatic carbocycles. The lowest BCUT2D eigenvalue weighted by Crippen LogP contribution is -2.52. The van der Waals surface area contributed by atoms with E-state index < -0.39 is 40.7 Å². The average Bonchev–Trinajstić information content (AvgIpc) is 2.99. The molecular formula is C39H71N3O11. The van der Waals surface area contributed by atoms with E-state index in [1.165, 1.54) is 0 Å². The normalized spacial score (nSPS) is 26.3. The lowest BCUT2D eigenvalue weighted by molar-refractivity contribution is -0.169. The standard InChI is InChI=1S/C13H25NO4.C13H23NO4.C13H23NO3/c2*1-13(2,3)18-12(16)10-6-9(8-17-5)14(4)7-11(10)15;1-13(2,3)17-12(15)10-6-7-14(4)11(8-10)9-16-5/h9-11,15H,6-8H2,1-5H3;9-10H,6-8H2,1-5H3;6,11H,7-9H2,1-5H3/t9-,10?,11?;9-,10?;11-/m000/s1. The fraction of sp³-hybridized carbons (Fsp3) is 0.846. The van der Waals surface area contributed by atoms with Crippen molar-refractivity contribution in [3.8, 4) is 0 Å². The van der Waals surface area contributed by atoms with Crippen LogP contribution in [0.3, 0.4) is 0 Å². The summed E-state index contributed by atoms with van der Waals surface area (Å²) in [5.74, 6) is -2.11. The highest BCUT2D eigenvalue weighted by Crippen LogP contribution is 2.26. The summed E-state index contributed by atoms with van der Waals surface area (Å²) in [6.45, 7) is 19.8. The van der Waals surface area contributed by atoms with Crippen molar-refractivity contribution in [1.29, 1.82) is 0 Å². The molecule has 53 heavy (non-hydrogen) atoms. The summed E-state index contributed by atoms with van der Waals surface area (Å²) in [4.78, 5) is 54.0. The van der Waals surface area contributed by atoms with Crippen LogP contribution in [0, 0.1) is 11.8 Å². The Morgan fingerprint density at radius 1 is 0.698 bits per heavy atom. The molecule has 3 unspecified atom stereocenters. The third-order valence-electron chi connectivity index (χ3n) is 8.86. The first-order chi connectivity index (χ1) is 24.3. The fourth-order valence-corrected chi connectivity index (χ4v) is 6.06. The zero-order chi connectivity index (χ0) is 40.9. The van der Waals surface area contributed by atoms with E-state index in [2.05, 4.69) is 4.90 Å². The molecule has 14 heteroatoms. The van der Waals surface area contributed by atoms with Gasteiger partial charge in [0.2, 0.25) is 0 Å². The van der Waals surface area contributed by atoms with Gasteiger partial charge in [-0.25, -0.2) is 4.79 Å². The van der Waals surface area contributed by atoms with Gasteiger partial charge in [-0.1, -0.05) is 6.08 Å². The lowest BCUT2D eigenvalue weighted by Gasteiger charge is -2.39. The summed E-state index contributed by atoms with van der Waals surface area (Å²) in [7, 11) is 10.8. The van der Waals surface area contributed by atoms with Crippen LogP contribution in [0.1, 0.15) is 81.6 Å². The van der Waals surface area contributed by atoms with Crippen molar-refractivity contribution in [2.24, 2.45) is 11.8 Å². The first-order valence-electron chi connectivity index (χ1n) is 18.5. The highest BCUT2D eigenvalue weighted by molar-refractivity contribution is 6.00. The Balaban J connectivity index is 0.000000398. The number of aliphatic hydroxyl groups is 1. The molecule has 1 N–H and O–H groups in total. The third-order valence-corrected chi connectivity index (χ3v) is 8.86. The zero-order valence-corrected chi connectivity index (χ0v) is 35.3. The van der Waals surface area contributed by atoms with E-state index in [0.29, 0.717) is 45.6 Å². The molecule has 0 bridgehead atoms. The van der Waals surface area contributed by atoms with Gasteiger partial charge in [0.25, 0.3) is 0 Å². The van der Waals surface area contributed by atoms with Crippen LogP contribution in [0.15, 0.2) is 11.6 Å².